The van der Waals surface area contributed by atoms with Crippen LogP contribution in [0.4, 0.5) is 13.2 Å². The van der Waals surface area contributed by atoms with E-state index < -0.39 is 12.7 Å². The van der Waals surface area contributed by atoms with Crippen LogP contribution in [0.2, 0.25) is 0 Å². The Morgan fingerprint density at radius 3 is 2.61 bits per heavy atom. The molecule has 0 unspecified atom stereocenters. The Labute approximate surface area is 101 Å². The number of alkyl halides is 3. The summed E-state index contributed by atoms with van der Waals surface area (Å²) in [6.45, 7) is 2.94. The van der Waals surface area contributed by atoms with Crippen LogP contribution in [0.1, 0.15) is 12.7 Å². The van der Waals surface area contributed by atoms with Crippen LogP contribution in [-0.2, 0) is 13.1 Å². The topological polar surface area (TPSA) is 48.5 Å². The Hall–Kier alpha value is -1.86. The Morgan fingerprint density at radius 1 is 1.33 bits per heavy atom. The normalized spacial score (nSPS) is 12.1. The summed E-state index contributed by atoms with van der Waals surface area (Å²) in [6.07, 6.45) is -1.19. The fourth-order valence-electron chi connectivity index (χ4n) is 1.60. The van der Waals surface area contributed by atoms with Gasteiger partial charge in [0, 0.05) is 12.7 Å². The zero-order valence-corrected chi connectivity index (χ0v) is 9.94. The minimum absolute atomic E-state index is 0.185. The summed E-state index contributed by atoms with van der Waals surface area (Å²) in [5.41, 5.74) is 0.529. The van der Waals surface area contributed by atoms with Crippen molar-refractivity contribution in [3.8, 4) is 11.4 Å². The third kappa shape index (κ3) is 2.69. The van der Waals surface area contributed by atoms with E-state index in [-0.39, 0.29) is 5.82 Å². The summed E-state index contributed by atoms with van der Waals surface area (Å²) in [6, 6.07) is 0. The fraction of sp³-hybridized carbons (Fsp3) is 0.500. The highest BCUT2D eigenvalue weighted by Gasteiger charge is 2.30. The molecule has 0 aromatic carbocycles. The van der Waals surface area contributed by atoms with E-state index >= 15 is 0 Å². The van der Waals surface area contributed by atoms with Crippen LogP contribution >= 0.6 is 0 Å². The first-order valence-electron chi connectivity index (χ1n) is 5.40. The standard InChI is InChI=1S/C10H12F3N5/c1-3-17-5-8(4-14-17)9-15-7(2)16-18(9)6-10(11,12)13/h4-5H,3,6H2,1-2H3. The van der Waals surface area contributed by atoms with Crippen molar-refractivity contribution in [1.29, 1.82) is 0 Å². The van der Waals surface area contributed by atoms with Gasteiger partial charge in [-0.3, -0.25) is 4.68 Å². The minimum Gasteiger partial charge on any atom is -0.272 e. The van der Waals surface area contributed by atoms with Gasteiger partial charge >= 0.3 is 6.18 Å². The smallest absolute Gasteiger partial charge is 0.272 e. The van der Waals surface area contributed by atoms with Crippen LogP contribution in [0.15, 0.2) is 12.4 Å². The summed E-state index contributed by atoms with van der Waals surface area (Å²) in [4.78, 5) is 4.01. The van der Waals surface area contributed by atoms with E-state index in [2.05, 4.69) is 15.2 Å². The first-order valence-corrected chi connectivity index (χ1v) is 5.40. The van der Waals surface area contributed by atoms with Crippen molar-refractivity contribution in [2.75, 3.05) is 0 Å². The molecule has 0 spiro atoms. The van der Waals surface area contributed by atoms with Gasteiger partial charge < -0.3 is 0 Å². The number of aromatic nitrogens is 5. The Balaban J connectivity index is 2.38. The lowest BCUT2D eigenvalue weighted by Gasteiger charge is -2.07. The van der Waals surface area contributed by atoms with Crippen molar-refractivity contribution in [2.24, 2.45) is 0 Å². The summed E-state index contributed by atoms with van der Waals surface area (Å²) in [7, 11) is 0. The predicted molar refractivity (Wildman–Crippen MR) is 57.7 cm³/mol. The van der Waals surface area contributed by atoms with Gasteiger partial charge in [0.05, 0.1) is 11.8 Å². The molecular weight excluding hydrogens is 247 g/mol. The van der Waals surface area contributed by atoms with Gasteiger partial charge in [0.1, 0.15) is 12.4 Å². The molecule has 18 heavy (non-hydrogen) atoms. The van der Waals surface area contributed by atoms with Crippen molar-refractivity contribution in [2.45, 2.75) is 33.1 Å². The average Bonchev–Trinajstić information content (AvgIpc) is 2.82. The molecule has 0 N–H and O–H groups in total. The molecule has 2 rings (SSSR count). The number of aryl methyl sites for hydroxylation is 2. The molecule has 0 fully saturated rings. The van der Waals surface area contributed by atoms with Crippen molar-refractivity contribution in [3.05, 3.63) is 18.2 Å². The molecule has 8 heteroatoms. The number of halogens is 3. The maximum atomic E-state index is 12.4. The van der Waals surface area contributed by atoms with Gasteiger partial charge in [-0.2, -0.15) is 23.4 Å². The van der Waals surface area contributed by atoms with E-state index in [0.717, 1.165) is 4.68 Å². The van der Waals surface area contributed by atoms with E-state index in [1.54, 1.807) is 17.8 Å². The largest absolute Gasteiger partial charge is 0.408 e. The summed E-state index contributed by atoms with van der Waals surface area (Å²) in [5.74, 6) is 0.489. The van der Waals surface area contributed by atoms with E-state index in [1.807, 2.05) is 6.92 Å². The Bertz CT molecular complexity index is 540. The van der Waals surface area contributed by atoms with Crippen LogP contribution in [0.25, 0.3) is 11.4 Å². The SMILES string of the molecule is CCn1cc(-c2nc(C)nn2CC(F)(F)F)cn1. The molecule has 2 aromatic rings. The summed E-state index contributed by atoms with van der Waals surface area (Å²) in [5, 5.41) is 7.77. The molecule has 2 heterocycles. The van der Waals surface area contributed by atoms with Crippen LogP contribution in [0, 0.1) is 6.92 Å². The lowest BCUT2D eigenvalue weighted by atomic mass is 10.3. The first-order chi connectivity index (χ1) is 8.39. The van der Waals surface area contributed by atoms with Gasteiger partial charge in [0.2, 0.25) is 0 Å². The second kappa shape index (κ2) is 4.43. The molecule has 0 aliphatic carbocycles. The minimum atomic E-state index is -4.32. The quantitative estimate of drug-likeness (QED) is 0.847. The highest BCUT2D eigenvalue weighted by atomic mass is 19.4. The second-order valence-electron chi connectivity index (χ2n) is 3.84. The molecule has 0 atom stereocenters. The van der Waals surface area contributed by atoms with Crippen molar-refractivity contribution in [3.63, 3.8) is 0 Å². The Morgan fingerprint density at radius 2 is 2.06 bits per heavy atom. The van der Waals surface area contributed by atoms with Gasteiger partial charge in [-0.25, -0.2) is 9.67 Å². The van der Waals surface area contributed by atoms with Crippen molar-refractivity contribution >= 4 is 0 Å². The molecule has 0 aliphatic heterocycles. The van der Waals surface area contributed by atoms with Crippen molar-refractivity contribution in [1.82, 2.24) is 24.5 Å². The molecule has 5 nitrogen and oxygen atoms in total. The van der Waals surface area contributed by atoms with Crippen molar-refractivity contribution < 1.29 is 13.2 Å². The van der Waals surface area contributed by atoms with E-state index in [0.29, 0.717) is 17.9 Å². The van der Waals surface area contributed by atoms with Gasteiger partial charge in [-0.05, 0) is 13.8 Å². The zero-order valence-electron chi connectivity index (χ0n) is 9.94. The monoisotopic (exact) mass is 259 g/mol. The lowest BCUT2D eigenvalue weighted by molar-refractivity contribution is -0.142. The molecular formula is C10H12F3N5. The van der Waals surface area contributed by atoms with Crippen LogP contribution < -0.4 is 0 Å². The van der Waals surface area contributed by atoms with Crippen LogP contribution in [0.3, 0.4) is 0 Å². The molecule has 0 saturated carbocycles. The zero-order chi connectivity index (χ0) is 13.3. The van der Waals surface area contributed by atoms with E-state index in [4.69, 9.17) is 0 Å². The summed E-state index contributed by atoms with van der Waals surface area (Å²) < 4.78 is 39.7. The number of rotatable bonds is 3. The van der Waals surface area contributed by atoms with Gasteiger partial charge in [0.15, 0.2) is 5.82 Å². The Kier molecular flexibility index (Phi) is 3.10. The van der Waals surface area contributed by atoms with Crippen LogP contribution in [0.5, 0.6) is 0 Å². The molecule has 0 saturated heterocycles. The van der Waals surface area contributed by atoms with E-state index in [1.165, 1.54) is 6.20 Å². The fourth-order valence-corrected chi connectivity index (χ4v) is 1.60. The van der Waals surface area contributed by atoms with Gasteiger partial charge in [0.25, 0.3) is 0 Å². The highest BCUT2D eigenvalue weighted by molar-refractivity contribution is 5.52. The molecule has 0 amide bonds. The first kappa shape index (κ1) is 12.6. The number of hydrogen-bond acceptors (Lipinski definition) is 3. The maximum absolute atomic E-state index is 12.4. The third-order valence-electron chi connectivity index (χ3n) is 2.32. The third-order valence-corrected chi connectivity index (χ3v) is 2.32. The van der Waals surface area contributed by atoms with Gasteiger partial charge in [-0.15, -0.1) is 0 Å². The second-order valence-corrected chi connectivity index (χ2v) is 3.84. The van der Waals surface area contributed by atoms with E-state index in [9.17, 15) is 13.2 Å². The molecule has 2 aromatic heterocycles. The van der Waals surface area contributed by atoms with Gasteiger partial charge in [-0.1, -0.05) is 0 Å². The summed E-state index contributed by atoms with van der Waals surface area (Å²) >= 11 is 0. The molecule has 98 valence electrons. The molecule has 0 radical (unpaired) electrons. The predicted octanol–water partition coefficient (Wildman–Crippen LogP) is 2.03. The molecule has 0 bridgehead atoms. The van der Waals surface area contributed by atoms with Crippen LogP contribution in [-0.4, -0.2) is 30.7 Å². The molecule has 0 aliphatic rings. The number of nitrogens with zero attached hydrogens (tertiary/aromatic N) is 5. The highest BCUT2D eigenvalue weighted by Crippen LogP contribution is 2.22. The number of hydrogen-bond donors (Lipinski definition) is 0. The lowest BCUT2D eigenvalue weighted by Crippen LogP contribution is -2.19. The maximum Gasteiger partial charge on any atom is 0.408 e. The average molecular weight is 259 g/mol.